The van der Waals surface area contributed by atoms with Crippen molar-refractivity contribution in [1.82, 2.24) is 19.1 Å². The van der Waals surface area contributed by atoms with E-state index in [1.807, 2.05) is 97.1 Å². The molecule has 0 fully saturated rings. The third-order valence-corrected chi connectivity index (χ3v) is 6.80. The molecule has 0 saturated carbocycles. The van der Waals surface area contributed by atoms with Crippen LogP contribution in [0.15, 0.2) is 119 Å². The number of nitrogens with one attached hydrogen (secondary N) is 2. The van der Waals surface area contributed by atoms with E-state index in [0.717, 1.165) is 11.4 Å². The van der Waals surface area contributed by atoms with Gasteiger partial charge in [0.05, 0.1) is 21.8 Å². The van der Waals surface area contributed by atoms with Gasteiger partial charge >= 0.3 is 0 Å². The fraction of sp³-hybridized carbons (Fsp3) is 0.125. The van der Waals surface area contributed by atoms with Gasteiger partial charge in [-0.2, -0.15) is 0 Å². The van der Waals surface area contributed by atoms with Crippen LogP contribution in [0, 0.1) is 0 Å². The van der Waals surface area contributed by atoms with Gasteiger partial charge in [-0.1, -0.05) is 60.7 Å². The third kappa shape index (κ3) is 5.19. The SMILES string of the molecule is O=c1c2ccccc2nc(Nc2ccccc2)n1CCCCn1c(Nc2ccccc2)nc2ccccc2c1=O. The number of unbranched alkanes of at least 4 members (excludes halogenated alkanes) is 1. The van der Waals surface area contributed by atoms with Crippen molar-refractivity contribution < 1.29 is 0 Å². The van der Waals surface area contributed by atoms with Crippen LogP contribution >= 0.6 is 0 Å². The standard InChI is InChI=1S/C32H28N6O2/c39-29-25-17-7-9-19-27(25)35-31(33-23-13-3-1-4-14-23)37(29)21-11-12-22-38-30(40)26-18-8-10-20-28(26)36-32(38)34-24-15-5-2-6-16-24/h1-10,13-20H,11-12,21-22H2,(H,33,35)(H,34,36). The van der Waals surface area contributed by atoms with Crippen LogP contribution in [0.2, 0.25) is 0 Å². The number of fused-ring (bicyclic) bond motifs is 2. The Morgan fingerprint density at radius 1 is 0.500 bits per heavy atom. The number of benzene rings is 4. The van der Waals surface area contributed by atoms with E-state index in [-0.39, 0.29) is 11.1 Å². The minimum atomic E-state index is -0.0972. The Kier molecular flexibility index (Phi) is 7.05. The quantitative estimate of drug-likeness (QED) is 0.221. The van der Waals surface area contributed by atoms with Crippen molar-refractivity contribution in [2.75, 3.05) is 10.6 Å². The molecule has 0 aliphatic carbocycles. The summed E-state index contributed by atoms with van der Waals surface area (Å²) >= 11 is 0. The van der Waals surface area contributed by atoms with Gasteiger partial charge in [0.2, 0.25) is 11.9 Å². The first-order chi connectivity index (χ1) is 19.7. The summed E-state index contributed by atoms with van der Waals surface area (Å²) in [5, 5.41) is 7.76. The van der Waals surface area contributed by atoms with Crippen molar-refractivity contribution in [3.63, 3.8) is 0 Å². The van der Waals surface area contributed by atoms with Crippen LogP contribution in [-0.4, -0.2) is 19.1 Å². The molecule has 6 aromatic rings. The molecule has 198 valence electrons. The predicted molar refractivity (Wildman–Crippen MR) is 161 cm³/mol. The van der Waals surface area contributed by atoms with Crippen LogP contribution in [0.4, 0.5) is 23.3 Å². The molecule has 8 nitrogen and oxygen atoms in total. The summed E-state index contributed by atoms with van der Waals surface area (Å²) in [4.78, 5) is 36.4. The van der Waals surface area contributed by atoms with Crippen LogP contribution in [0.3, 0.4) is 0 Å². The van der Waals surface area contributed by atoms with Crippen LogP contribution < -0.4 is 21.8 Å². The van der Waals surface area contributed by atoms with Gasteiger partial charge < -0.3 is 10.6 Å². The third-order valence-electron chi connectivity index (χ3n) is 6.80. The Hall–Kier alpha value is -5.24. The first kappa shape index (κ1) is 25.1. The average molecular weight is 529 g/mol. The molecule has 0 amide bonds. The Morgan fingerprint density at radius 2 is 0.875 bits per heavy atom. The maximum Gasteiger partial charge on any atom is 0.262 e. The Labute approximate surface area is 230 Å². The van der Waals surface area contributed by atoms with Crippen molar-refractivity contribution in [2.24, 2.45) is 0 Å². The summed E-state index contributed by atoms with van der Waals surface area (Å²) < 4.78 is 3.36. The number of hydrogen-bond acceptors (Lipinski definition) is 6. The van der Waals surface area contributed by atoms with Gasteiger partial charge in [0.25, 0.3) is 11.1 Å². The zero-order chi connectivity index (χ0) is 27.3. The predicted octanol–water partition coefficient (Wildman–Crippen LogP) is 6.07. The summed E-state index contributed by atoms with van der Waals surface area (Å²) in [5.74, 6) is 0.983. The zero-order valence-corrected chi connectivity index (χ0v) is 21.8. The molecule has 8 heteroatoms. The van der Waals surface area contributed by atoms with E-state index >= 15 is 0 Å². The molecular formula is C32H28N6O2. The van der Waals surface area contributed by atoms with Crippen molar-refractivity contribution in [1.29, 1.82) is 0 Å². The van der Waals surface area contributed by atoms with Gasteiger partial charge in [-0.25, -0.2) is 9.97 Å². The molecule has 6 rings (SSSR count). The van der Waals surface area contributed by atoms with E-state index < -0.39 is 0 Å². The highest BCUT2D eigenvalue weighted by Gasteiger charge is 2.13. The van der Waals surface area contributed by atoms with Gasteiger partial charge in [-0.05, 0) is 61.4 Å². The molecular weight excluding hydrogens is 500 g/mol. The lowest BCUT2D eigenvalue weighted by Gasteiger charge is -2.16. The molecule has 4 aromatic carbocycles. The van der Waals surface area contributed by atoms with E-state index in [9.17, 15) is 9.59 Å². The van der Waals surface area contributed by atoms with Gasteiger partial charge in [-0.15, -0.1) is 0 Å². The maximum atomic E-state index is 13.5. The fourth-order valence-electron chi connectivity index (χ4n) is 4.78. The summed E-state index contributed by atoms with van der Waals surface area (Å²) in [6.07, 6.45) is 1.32. The smallest absolute Gasteiger partial charge is 0.262 e. The monoisotopic (exact) mass is 528 g/mol. The highest BCUT2D eigenvalue weighted by Crippen LogP contribution is 2.19. The molecule has 2 N–H and O–H groups in total. The molecule has 2 heterocycles. The topological polar surface area (TPSA) is 93.8 Å². The van der Waals surface area contributed by atoms with Gasteiger partial charge in [0.1, 0.15) is 0 Å². The molecule has 0 spiro atoms. The summed E-state index contributed by atoms with van der Waals surface area (Å²) in [6, 6.07) is 34.1. The van der Waals surface area contributed by atoms with Crippen molar-refractivity contribution in [2.45, 2.75) is 25.9 Å². The molecule has 0 unspecified atom stereocenters. The largest absolute Gasteiger partial charge is 0.326 e. The number of hydrogen-bond donors (Lipinski definition) is 2. The normalized spacial score (nSPS) is 11.1. The molecule has 0 atom stereocenters. The second-order valence-electron chi connectivity index (χ2n) is 9.51. The summed E-state index contributed by atoms with van der Waals surface area (Å²) in [6.45, 7) is 0.895. The minimum absolute atomic E-state index is 0.0972. The molecule has 0 aliphatic heterocycles. The Balaban J connectivity index is 1.27. The van der Waals surface area contributed by atoms with E-state index in [4.69, 9.17) is 9.97 Å². The summed E-state index contributed by atoms with van der Waals surface area (Å²) in [5.41, 5.74) is 2.80. The lowest BCUT2D eigenvalue weighted by Crippen LogP contribution is -2.26. The van der Waals surface area contributed by atoms with E-state index in [1.54, 1.807) is 21.3 Å². The van der Waals surface area contributed by atoms with Crippen molar-refractivity contribution in [3.8, 4) is 0 Å². The first-order valence-electron chi connectivity index (χ1n) is 13.3. The minimum Gasteiger partial charge on any atom is -0.326 e. The highest BCUT2D eigenvalue weighted by molar-refractivity contribution is 5.80. The van der Waals surface area contributed by atoms with E-state index in [1.165, 1.54) is 0 Å². The Morgan fingerprint density at radius 3 is 1.30 bits per heavy atom. The lowest BCUT2D eigenvalue weighted by molar-refractivity contribution is 0.540. The molecule has 0 radical (unpaired) electrons. The molecule has 2 aromatic heterocycles. The van der Waals surface area contributed by atoms with Crippen LogP contribution in [0.1, 0.15) is 12.8 Å². The second-order valence-corrected chi connectivity index (χ2v) is 9.51. The number of anilines is 4. The van der Waals surface area contributed by atoms with Crippen molar-refractivity contribution >= 4 is 45.1 Å². The highest BCUT2D eigenvalue weighted by atomic mass is 16.1. The fourth-order valence-corrected chi connectivity index (χ4v) is 4.78. The molecule has 0 bridgehead atoms. The number of nitrogens with zero attached hydrogens (tertiary/aromatic N) is 4. The van der Waals surface area contributed by atoms with Crippen LogP contribution in [0.5, 0.6) is 0 Å². The van der Waals surface area contributed by atoms with Crippen molar-refractivity contribution in [3.05, 3.63) is 130 Å². The first-order valence-corrected chi connectivity index (χ1v) is 13.3. The Bertz CT molecular complexity index is 1760. The lowest BCUT2D eigenvalue weighted by atomic mass is 10.2. The van der Waals surface area contributed by atoms with Crippen LogP contribution in [0.25, 0.3) is 21.8 Å². The van der Waals surface area contributed by atoms with Gasteiger partial charge in [-0.3, -0.25) is 18.7 Å². The van der Waals surface area contributed by atoms with Gasteiger partial charge in [0, 0.05) is 24.5 Å². The summed E-state index contributed by atoms with van der Waals surface area (Å²) in [7, 11) is 0. The second kappa shape index (κ2) is 11.2. The van der Waals surface area contributed by atoms with E-state index in [2.05, 4.69) is 10.6 Å². The molecule has 0 saturated heterocycles. The van der Waals surface area contributed by atoms with E-state index in [0.29, 0.717) is 59.6 Å². The molecule has 40 heavy (non-hydrogen) atoms. The molecule has 0 aliphatic rings. The average Bonchev–Trinajstić information content (AvgIpc) is 2.99. The number of aromatic nitrogens is 4. The number of rotatable bonds is 9. The maximum absolute atomic E-state index is 13.5. The van der Waals surface area contributed by atoms with Crippen LogP contribution in [-0.2, 0) is 13.1 Å². The zero-order valence-electron chi connectivity index (χ0n) is 21.8. The number of para-hydroxylation sites is 4. The van der Waals surface area contributed by atoms with Gasteiger partial charge in [0.15, 0.2) is 0 Å².